The van der Waals surface area contributed by atoms with Crippen LogP contribution in [0.25, 0.3) is 0 Å². The molecule has 0 N–H and O–H groups in total. The van der Waals surface area contributed by atoms with Gasteiger partial charge in [0.1, 0.15) is 0 Å². The van der Waals surface area contributed by atoms with Gasteiger partial charge in [-0.1, -0.05) is 232 Å². The number of rotatable bonds is 6. The van der Waals surface area contributed by atoms with Gasteiger partial charge in [-0.05, 0) is 139 Å². The highest BCUT2D eigenvalue weighted by Gasteiger charge is 2.25. The maximum Gasteiger partial charge on any atom is 0.151 e. The lowest BCUT2D eigenvalue weighted by molar-refractivity contribution is 0.111. The van der Waals surface area contributed by atoms with Gasteiger partial charge in [0.25, 0.3) is 0 Å². The van der Waals surface area contributed by atoms with Crippen LogP contribution in [0.1, 0.15) is 287 Å². The Kier molecular flexibility index (Phi) is 20.0. The van der Waals surface area contributed by atoms with Crippen LogP contribution in [-0.4, -0.2) is 37.7 Å². The second-order valence-corrected chi connectivity index (χ2v) is 28.8. The van der Waals surface area contributed by atoms with E-state index in [4.69, 9.17) is 0 Å². The first-order chi connectivity index (χ1) is 42.1. The van der Waals surface area contributed by atoms with Gasteiger partial charge in [-0.2, -0.15) is 0 Å². The molecule has 0 fully saturated rings. The lowest BCUT2D eigenvalue weighted by Crippen LogP contribution is -2.12. The molecule has 7 aromatic carbocycles. The molecule has 0 unspecified atom stereocenters. The van der Waals surface area contributed by atoms with Crippen LogP contribution in [0.3, 0.4) is 0 Å². The SMILES string of the molecule is CC(C)(C)c1ccc(C#Cc2c(C#Cc3ccc(C(C)(C)C)cc3C=O)c(C#Cc3ccc(C(C)(C)C)cc3C=O)c(C#Cc3ccc(C(C)(C)C)cc3C=O)c(C#Cc3ccc(C(C)(C)C)cc3C=O)c2C#Cc2ccc(C(C)(C)C)cc2C=O)c(C=O)c1. The molecule has 0 aliphatic rings. The zero-order valence-electron chi connectivity index (χ0n) is 55.3. The Balaban J connectivity index is 1.84. The Bertz CT molecular complexity index is 3730. The number of carbonyl (C=O) groups is 6. The Morgan fingerprint density at radius 1 is 0.200 bits per heavy atom. The maximum atomic E-state index is 13.1. The minimum absolute atomic E-state index is 0.198. The fourth-order valence-corrected chi connectivity index (χ4v) is 9.72. The topological polar surface area (TPSA) is 102 Å². The molecule has 0 atom stereocenters. The van der Waals surface area contributed by atoms with Crippen LogP contribution >= 0.6 is 0 Å². The minimum Gasteiger partial charge on any atom is -0.298 e. The highest BCUT2D eigenvalue weighted by atomic mass is 16.1. The van der Waals surface area contributed by atoms with Crippen molar-refractivity contribution >= 4 is 37.7 Å². The van der Waals surface area contributed by atoms with Crippen molar-refractivity contribution in [3.8, 4) is 71.0 Å². The molecule has 0 saturated heterocycles. The van der Waals surface area contributed by atoms with Crippen LogP contribution in [0, 0.1) is 71.0 Å². The monoisotopic (exact) mass is 1180 g/mol. The second kappa shape index (κ2) is 26.7. The summed E-state index contributed by atoms with van der Waals surface area (Å²) in [5.41, 5.74) is 9.25. The second-order valence-electron chi connectivity index (χ2n) is 28.8. The number of benzene rings is 7. The van der Waals surface area contributed by atoms with E-state index in [0.717, 1.165) is 71.1 Å². The zero-order valence-corrected chi connectivity index (χ0v) is 55.3. The summed E-state index contributed by atoms with van der Waals surface area (Å²) >= 11 is 0. The molecule has 7 rings (SSSR count). The van der Waals surface area contributed by atoms with Gasteiger partial charge >= 0.3 is 0 Å². The summed E-state index contributed by atoms with van der Waals surface area (Å²) in [6.45, 7) is 37.0. The van der Waals surface area contributed by atoms with Crippen LogP contribution in [0.2, 0.25) is 0 Å². The van der Waals surface area contributed by atoms with Gasteiger partial charge in [-0.15, -0.1) is 0 Å². The van der Waals surface area contributed by atoms with E-state index in [0.29, 0.717) is 66.8 Å². The largest absolute Gasteiger partial charge is 0.298 e. The van der Waals surface area contributed by atoms with Crippen molar-refractivity contribution in [1.29, 1.82) is 0 Å². The normalized spacial score (nSPS) is 11.4. The fourth-order valence-electron chi connectivity index (χ4n) is 9.72. The molecule has 0 aliphatic carbocycles. The summed E-state index contributed by atoms with van der Waals surface area (Å²) in [4.78, 5) is 78.7. The molecule has 0 heterocycles. The molecular weight excluding hydrogens is 1100 g/mol. The minimum atomic E-state index is -0.307. The van der Waals surface area contributed by atoms with Crippen LogP contribution < -0.4 is 0 Å². The van der Waals surface area contributed by atoms with Crippen LogP contribution in [-0.2, 0) is 32.5 Å². The van der Waals surface area contributed by atoms with E-state index < -0.39 is 0 Å². The van der Waals surface area contributed by atoms with Crippen molar-refractivity contribution < 1.29 is 28.8 Å². The molecular formula is C84H78O6. The van der Waals surface area contributed by atoms with Crippen molar-refractivity contribution in [2.24, 2.45) is 0 Å². The Morgan fingerprint density at radius 2 is 0.322 bits per heavy atom. The van der Waals surface area contributed by atoms with E-state index in [1.54, 1.807) is 36.4 Å². The molecule has 0 radical (unpaired) electrons. The third-order valence-corrected chi connectivity index (χ3v) is 15.7. The van der Waals surface area contributed by atoms with E-state index in [-0.39, 0.29) is 65.9 Å². The molecule has 90 heavy (non-hydrogen) atoms. The zero-order chi connectivity index (χ0) is 66.3. The van der Waals surface area contributed by atoms with Gasteiger partial charge in [0.05, 0.1) is 33.4 Å². The van der Waals surface area contributed by atoms with Crippen molar-refractivity contribution in [3.63, 3.8) is 0 Å². The molecule has 7 aromatic rings. The van der Waals surface area contributed by atoms with Crippen LogP contribution in [0.15, 0.2) is 109 Å². The van der Waals surface area contributed by atoms with Gasteiger partial charge in [0.15, 0.2) is 37.7 Å². The van der Waals surface area contributed by atoms with E-state index in [1.807, 2.05) is 72.8 Å². The van der Waals surface area contributed by atoms with Gasteiger partial charge in [0, 0.05) is 66.8 Å². The number of carbonyl (C=O) groups excluding carboxylic acids is 6. The molecule has 0 bridgehead atoms. The quantitative estimate of drug-likeness (QED) is 0.121. The summed E-state index contributed by atoms with van der Waals surface area (Å²) in [6.07, 6.45) is 4.61. The number of aldehydes is 6. The molecule has 0 aromatic heterocycles. The molecule has 6 heteroatoms. The molecule has 0 amide bonds. The summed E-state index contributed by atoms with van der Waals surface area (Å²) < 4.78 is 0. The number of hydrogen-bond acceptors (Lipinski definition) is 6. The molecule has 6 nitrogen and oxygen atoms in total. The van der Waals surface area contributed by atoms with Gasteiger partial charge in [0.2, 0.25) is 0 Å². The van der Waals surface area contributed by atoms with Crippen molar-refractivity contribution in [2.45, 2.75) is 157 Å². The predicted octanol–water partition coefficient (Wildman–Crippen LogP) is 16.7. The summed E-state index contributed by atoms with van der Waals surface area (Å²) in [7, 11) is 0. The third-order valence-electron chi connectivity index (χ3n) is 15.7. The Labute approximate surface area is 534 Å². The lowest BCUT2D eigenvalue weighted by Gasteiger charge is -2.20. The van der Waals surface area contributed by atoms with Gasteiger partial charge in [-0.25, -0.2) is 0 Å². The van der Waals surface area contributed by atoms with Gasteiger partial charge < -0.3 is 0 Å². The van der Waals surface area contributed by atoms with E-state index in [1.165, 1.54) is 0 Å². The Morgan fingerprint density at radius 3 is 0.422 bits per heavy atom. The average Bonchev–Trinajstić information content (AvgIpc) is 0.784. The molecule has 0 spiro atoms. The van der Waals surface area contributed by atoms with E-state index in [9.17, 15) is 28.8 Å². The summed E-state index contributed by atoms with van der Waals surface area (Å²) in [5.74, 6) is 40.6. The van der Waals surface area contributed by atoms with Crippen LogP contribution in [0.4, 0.5) is 0 Å². The first-order valence-electron chi connectivity index (χ1n) is 30.1. The third kappa shape index (κ3) is 16.0. The highest BCUT2D eigenvalue weighted by Crippen LogP contribution is 2.33. The maximum absolute atomic E-state index is 13.1. The highest BCUT2D eigenvalue weighted by molar-refractivity contribution is 5.87. The van der Waals surface area contributed by atoms with E-state index >= 15 is 0 Å². The first kappa shape index (κ1) is 67.4. The Hall–Kier alpha value is -10.1. The predicted molar refractivity (Wildman–Crippen MR) is 365 cm³/mol. The molecule has 450 valence electrons. The summed E-state index contributed by atoms with van der Waals surface area (Å²) in [5, 5.41) is 0. The van der Waals surface area contributed by atoms with Crippen molar-refractivity contribution in [2.75, 3.05) is 0 Å². The van der Waals surface area contributed by atoms with Crippen molar-refractivity contribution in [3.05, 3.63) is 243 Å². The average molecular weight is 1180 g/mol. The fraction of sp³-hybridized carbons (Fsp3) is 0.286. The van der Waals surface area contributed by atoms with E-state index in [2.05, 4.69) is 196 Å². The lowest BCUT2D eigenvalue weighted by atomic mass is 9.84. The molecule has 0 aliphatic heterocycles. The molecule has 0 saturated carbocycles. The van der Waals surface area contributed by atoms with Crippen molar-refractivity contribution in [1.82, 2.24) is 0 Å². The standard InChI is InChI=1S/C84H78O6/c1-79(2,3)67-31-19-55(61(43-67)49-85)25-37-73-74(38-26-56-20-32-68(80(4,5)6)44-62(56)50-86)76(40-28-58-22-34-70(82(10,11)12)46-64(58)52-88)78(42-30-60-24-36-72(84(16,17)18)48-66(60)54-90)77(41-29-59-23-35-71(83(13,14)15)47-65(59)53-89)75(73)39-27-57-21-33-69(81(7,8)9)45-63(57)51-87/h19-24,31-36,43-54H,1-18H3. The van der Waals surface area contributed by atoms with Gasteiger partial charge in [-0.3, -0.25) is 28.8 Å². The van der Waals surface area contributed by atoms with Crippen LogP contribution in [0.5, 0.6) is 0 Å². The number of hydrogen-bond donors (Lipinski definition) is 0. The summed E-state index contributed by atoms with van der Waals surface area (Å²) in [6, 6.07) is 33.3. The first-order valence-corrected chi connectivity index (χ1v) is 30.1. The smallest absolute Gasteiger partial charge is 0.151 e.